The molecule has 138 valence electrons. The van der Waals surface area contributed by atoms with Gasteiger partial charge in [0, 0.05) is 23.8 Å². The van der Waals surface area contributed by atoms with E-state index in [0.29, 0.717) is 29.6 Å². The van der Waals surface area contributed by atoms with Crippen molar-refractivity contribution < 1.29 is 9.59 Å². The number of fused-ring (bicyclic) bond motifs is 2. The maximum atomic E-state index is 12.9. The Morgan fingerprint density at radius 3 is 2.78 bits per heavy atom. The summed E-state index contributed by atoms with van der Waals surface area (Å²) in [5.41, 5.74) is 1.86. The highest BCUT2D eigenvalue weighted by Crippen LogP contribution is 2.32. The molecular formula is C19H18N4O2S2. The minimum absolute atomic E-state index is 0.0321. The van der Waals surface area contributed by atoms with E-state index in [9.17, 15) is 9.59 Å². The van der Waals surface area contributed by atoms with Crippen molar-refractivity contribution in [3.05, 3.63) is 39.8 Å². The Kier molecular flexibility index (Phi) is 4.17. The lowest BCUT2D eigenvalue weighted by atomic mass is 9.85. The van der Waals surface area contributed by atoms with E-state index in [0.717, 1.165) is 40.1 Å². The minimum atomic E-state index is -0.0321. The molecule has 2 amide bonds. The molecule has 1 aliphatic heterocycles. The molecule has 2 aromatic heterocycles. The van der Waals surface area contributed by atoms with E-state index >= 15 is 0 Å². The highest BCUT2D eigenvalue weighted by atomic mass is 32.1. The topological polar surface area (TPSA) is 75.2 Å². The van der Waals surface area contributed by atoms with Gasteiger partial charge in [0.25, 0.3) is 5.91 Å². The molecule has 2 aliphatic rings. The number of carbonyl (C=O) groups excluding carboxylic acids is 2. The van der Waals surface area contributed by atoms with Crippen LogP contribution in [0.5, 0.6) is 0 Å². The third kappa shape index (κ3) is 3.12. The Morgan fingerprint density at radius 2 is 2.00 bits per heavy atom. The molecule has 8 heteroatoms. The number of para-hydroxylation sites is 1. The predicted molar refractivity (Wildman–Crippen MR) is 106 cm³/mol. The van der Waals surface area contributed by atoms with E-state index in [-0.39, 0.29) is 17.7 Å². The number of aromatic nitrogens is 2. The summed E-state index contributed by atoms with van der Waals surface area (Å²) in [5, 5.41) is 4.14. The van der Waals surface area contributed by atoms with Crippen LogP contribution in [0.1, 0.15) is 39.6 Å². The van der Waals surface area contributed by atoms with Gasteiger partial charge in [0.15, 0.2) is 10.1 Å². The Hall–Kier alpha value is -2.32. The highest BCUT2D eigenvalue weighted by molar-refractivity contribution is 7.20. The predicted octanol–water partition coefficient (Wildman–Crippen LogP) is 3.69. The van der Waals surface area contributed by atoms with Gasteiger partial charge in [-0.05, 0) is 25.0 Å². The number of benzene rings is 1. The van der Waals surface area contributed by atoms with Crippen LogP contribution in [0.15, 0.2) is 24.3 Å². The molecule has 3 aromatic rings. The zero-order chi connectivity index (χ0) is 18.4. The molecule has 1 aromatic carbocycles. The molecule has 1 aliphatic carbocycles. The van der Waals surface area contributed by atoms with Crippen LogP contribution in [0.25, 0.3) is 10.2 Å². The Bertz CT molecular complexity index is 1000. The monoisotopic (exact) mass is 398 g/mol. The van der Waals surface area contributed by atoms with E-state index in [4.69, 9.17) is 0 Å². The number of anilines is 1. The van der Waals surface area contributed by atoms with Crippen LogP contribution in [0.2, 0.25) is 0 Å². The first-order chi connectivity index (χ1) is 13.2. The van der Waals surface area contributed by atoms with Crippen LogP contribution in [-0.2, 0) is 17.8 Å². The largest absolute Gasteiger partial charge is 0.331 e. The number of carbonyl (C=O) groups is 2. The molecule has 1 saturated carbocycles. The first kappa shape index (κ1) is 16.8. The molecule has 0 saturated heterocycles. The second kappa shape index (κ2) is 6.69. The van der Waals surface area contributed by atoms with Crippen LogP contribution >= 0.6 is 22.7 Å². The van der Waals surface area contributed by atoms with Crippen molar-refractivity contribution in [3.8, 4) is 0 Å². The number of amides is 2. The van der Waals surface area contributed by atoms with Crippen molar-refractivity contribution in [1.29, 1.82) is 0 Å². The summed E-state index contributed by atoms with van der Waals surface area (Å²) in [6.07, 6.45) is 3.79. The zero-order valence-electron chi connectivity index (χ0n) is 14.6. The van der Waals surface area contributed by atoms with Gasteiger partial charge < -0.3 is 10.2 Å². The van der Waals surface area contributed by atoms with Crippen molar-refractivity contribution >= 4 is 49.8 Å². The van der Waals surface area contributed by atoms with Gasteiger partial charge >= 0.3 is 0 Å². The summed E-state index contributed by atoms with van der Waals surface area (Å²) < 4.78 is 1.03. The Morgan fingerprint density at radius 1 is 1.15 bits per heavy atom. The van der Waals surface area contributed by atoms with Crippen molar-refractivity contribution in [2.24, 2.45) is 5.92 Å². The summed E-state index contributed by atoms with van der Waals surface area (Å²) in [5.74, 6) is 0.188. The number of rotatable bonds is 3. The van der Waals surface area contributed by atoms with E-state index in [1.165, 1.54) is 22.7 Å². The molecule has 0 spiro atoms. The summed E-state index contributed by atoms with van der Waals surface area (Å²) >= 11 is 2.92. The van der Waals surface area contributed by atoms with Gasteiger partial charge in [-0.25, -0.2) is 9.97 Å². The molecule has 0 radical (unpaired) electrons. The van der Waals surface area contributed by atoms with E-state index in [1.54, 1.807) is 0 Å². The standard InChI is InChI=1S/C19H18N4O2S2/c24-16(11-4-3-5-11)22-19-21-13-8-9-23(10-15(13)27-19)18(25)17-20-12-6-1-2-7-14(12)26-17/h1-2,6-7,11H,3-5,8-10H2,(H,21,22,24). The van der Waals surface area contributed by atoms with Gasteiger partial charge in [0.2, 0.25) is 5.91 Å². The van der Waals surface area contributed by atoms with Gasteiger partial charge in [-0.1, -0.05) is 29.9 Å². The molecule has 0 bridgehead atoms. The van der Waals surface area contributed by atoms with Crippen molar-refractivity contribution in [2.75, 3.05) is 11.9 Å². The summed E-state index contributed by atoms with van der Waals surface area (Å²) in [6.45, 7) is 1.16. The smallest absolute Gasteiger partial charge is 0.283 e. The van der Waals surface area contributed by atoms with Gasteiger partial charge in [0.1, 0.15) is 0 Å². The normalized spacial score (nSPS) is 16.8. The molecule has 5 rings (SSSR count). The fourth-order valence-corrected chi connectivity index (χ4v) is 5.36. The van der Waals surface area contributed by atoms with Crippen LogP contribution in [0, 0.1) is 5.92 Å². The SMILES string of the molecule is O=C(Nc1nc2c(s1)CN(C(=O)c1nc3ccccc3s1)CC2)C1CCC1. The van der Waals surface area contributed by atoms with Gasteiger partial charge in [-0.15, -0.1) is 11.3 Å². The first-order valence-corrected chi connectivity index (χ1v) is 10.7. The molecule has 0 atom stereocenters. The summed E-state index contributed by atoms with van der Waals surface area (Å²) in [6, 6.07) is 7.80. The lowest BCUT2D eigenvalue weighted by Gasteiger charge is -2.25. The molecule has 0 unspecified atom stereocenters. The third-order valence-corrected chi connectivity index (χ3v) is 7.22. The first-order valence-electron chi connectivity index (χ1n) is 9.11. The fraction of sp³-hybridized carbons (Fsp3) is 0.368. The average molecular weight is 399 g/mol. The second-order valence-corrected chi connectivity index (χ2v) is 9.08. The second-order valence-electron chi connectivity index (χ2n) is 6.97. The minimum Gasteiger partial charge on any atom is -0.331 e. The fourth-order valence-electron chi connectivity index (χ4n) is 3.40. The molecule has 1 N–H and O–H groups in total. The van der Waals surface area contributed by atoms with Crippen LogP contribution in [0.3, 0.4) is 0 Å². The van der Waals surface area contributed by atoms with Crippen molar-refractivity contribution in [3.63, 3.8) is 0 Å². The summed E-state index contributed by atoms with van der Waals surface area (Å²) in [4.78, 5) is 37.0. The molecule has 27 heavy (non-hydrogen) atoms. The molecule has 1 fully saturated rings. The molecule has 6 nitrogen and oxygen atoms in total. The van der Waals surface area contributed by atoms with E-state index < -0.39 is 0 Å². The number of hydrogen-bond donors (Lipinski definition) is 1. The quantitative estimate of drug-likeness (QED) is 0.730. The maximum absolute atomic E-state index is 12.9. The van der Waals surface area contributed by atoms with E-state index in [2.05, 4.69) is 15.3 Å². The van der Waals surface area contributed by atoms with Crippen molar-refractivity contribution in [1.82, 2.24) is 14.9 Å². The van der Waals surface area contributed by atoms with Gasteiger partial charge in [-0.2, -0.15) is 0 Å². The maximum Gasteiger partial charge on any atom is 0.283 e. The third-order valence-electron chi connectivity index (χ3n) is 5.20. The van der Waals surface area contributed by atoms with Crippen LogP contribution in [0.4, 0.5) is 5.13 Å². The lowest BCUT2D eigenvalue weighted by molar-refractivity contribution is -0.122. The Labute approximate surface area is 164 Å². The molecule has 3 heterocycles. The molecular weight excluding hydrogens is 380 g/mol. The van der Waals surface area contributed by atoms with Crippen LogP contribution in [-0.4, -0.2) is 33.2 Å². The van der Waals surface area contributed by atoms with Gasteiger partial charge in [0.05, 0.1) is 22.5 Å². The van der Waals surface area contributed by atoms with Crippen LogP contribution < -0.4 is 5.32 Å². The van der Waals surface area contributed by atoms with Crippen molar-refractivity contribution in [2.45, 2.75) is 32.2 Å². The van der Waals surface area contributed by atoms with Gasteiger partial charge in [-0.3, -0.25) is 9.59 Å². The number of nitrogens with one attached hydrogen (secondary N) is 1. The number of thiazole rings is 2. The lowest BCUT2D eigenvalue weighted by Crippen LogP contribution is -2.35. The number of hydrogen-bond acceptors (Lipinski definition) is 6. The average Bonchev–Trinajstić information content (AvgIpc) is 3.21. The zero-order valence-corrected chi connectivity index (χ0v) is 16.2. The Balaban J connectivity index is 1.31. The summed E-state index contributed by atoms with van der Waals surface area (Å²) in [7, 11) is 0. The number of nitrogens with zero attached hydrogens (tertiary/aromatic N) is 3. The highest BCUT2D eigenvalue weighted by Gasteiger charge is 2.29. The van der Waals surface area contributed by atoms with E-state index in [1.807, 2.05) is 29.2 Å².